The van der Waals surface area contributed by atoms with E-state index in [1.807, 2.05) is 0 Å². The second kappa shape index (κ2) is 8.66. The number of nitro benzene ring substituents is 1. The molecule has 0 unspecified atom stereocenters. The highest BCUT2D eigenvalue weighted by Crippen LogP contribution is 2.23. The Morgan fingerprint density at radius 1 is 1.10 bits per heavy atom. The van der Waals surface area contributed by atoms with Gasteiger partial charge in [0.25, 0.3) is 0 Å². The van der Waals surface area contributed by atoms with Crippen molar-refractivity contribution in [1.82, 2.24) is 4.31 Å². The fourth-order valence-corrected chi connectivity index (χ4v) is 4.67. The number of rotatable bonds is 6. The van der Waals surface area contributed by atoms with Crippen LogP contribution in [0.1, 0.15) is 24.8 Å². The first kappa shape index (κ1) is 20.9. The lowest BCUT2D eigenvalue weighted by atomic mass is 10.1. The number of carbonyl (C=O) groups is 1. The molecule has 0 aliphatic carbocycles. The number of halogens is 1. The van der Waals surface area contributed by atoms with E-state index < -0.39 is 32.4 Å². The maximum absolute atomic E-state index is 13.4. The van der Waals surface area contributed by atoms with Crippen molar-refractivity contribution in [1.29, 1.82) is 0 Å². The summed E-state index contributed by atoms with van der Waals surface area (Å²) in [5, 5.41) is 13.3. The minimum atomic E-state index is -3.54. The number of benzene rings is 2. The third-order valence-electron chi connectivity index (χ3n) is 4.67. The van der Waals surface area contributed by atoms with E-state index in [0.29, 0.717) is 18.7 Å². The van der Waals surface area contributed by atoms with Crippen molar-refractivity contribution in [2.45, 2.75) is 30.6 Å². The first-order valence-electron chi connectivity index (χ1n) is 9.10. The van der Waals surface area contributed by atoms with Gasteiger partial charge in [-0.05, 0) is 42.7 Å². The number of nitrogens with zero attached hydrogens (tertiary/aromatic N) is 2. The van der Waals surface area contributed by atoms with Gasteiger partial charge in [0.15, 0.2) is 0 Å². The zero-order valence-corrected chi connectivity index (χ0v) is 16.3. The Balaban J connectivity index is 1.66. The molecule has 1 heterocycles. The molecule has 0 spiro atoms. The van der Waals surface area contributed by atoms with Crippen LogP contribution in [0.15, 0.2) is 47.4 Å². The minimum Gasteiger partial charge on any atom is -0.326 e. The van der Waals surface area contributed by atoms with Crippen LogP contribution in [-0.4, -0.2) is 36.6 Å². The molecule has 2 aromatic carbocycles. The summed E-state index contributed by atoms with van der Waals surface area (Å²) in [6.45, 7) is 1.02. The average molecular weight is 421 g/mol. The number of anilines is 1. The van der Waals surface area contributed by atoms with E-state index in [1.165, 1.54) is 22.5 Å². The highest BCUT2D eigenvalue weighted by molar-refractivity contribution is 7.89. The van der Waals surface area contributed by atoms with E-state index in [1.54, 1.807) is 12.1 Å². The van der Waals surface area contributed by atoms with Crippen molar-refractivity contribution in [2.75, 3.05) is 18.4 Å². The Kier molecular flexibility index (Phi) is 6.23. The van der Waals surface area contributed by atoms with Gasteiger partial charge in [0.2, 0.25) is 21.7 Å². The van der Waals surface area contributed by atoms with Crippen molar-refractivity contribution in [3.63, 3.8) is 0 Å². The number of hydrogen-bond acceptors (Lipinski definition) is 5. The molecule has 1 amide bonds. The lowest BCUT2D eigenvalue weighted by molar-refractivity contribution is -0.387. The second-order valence-electron chi connectivity index (χ2n) is 6.76. The van der Waals surface area contributed by atoms with Crippen LogP contribution in [0.3, 0.4) is 0 Å². The Bertz CT molecular complexity index is 1020. The van der Waals surface area contributed by atoms with Crippen molar-refractivity contribution in [3.05, 3.63) is 64.0 Å². The van der Waals surface area contributed by atoms with Crippen LogP contribution in [0, 0.1) is 15.9 Å². The van der Waals surface area contributed by atoms with Crippen LogP contribution < -0.4 is 5.32 Å². The molecule has 1 N–H and O–H groups in total. The molecule has 0 aromatic heterocycles. The summed E-state index contributed by atoms with van der Waals surface area (Å²) in [5.41, 5.74) is -0.0424. The molecule has 1 aliphatic heterocycles. The second-order valence-corrected chi connectivity index (χ2v) is 8.69. The summed E-state index contributed by atoms with van der Waals surface area (Å²) in [6.07, 6.45) is 2.66. The lowest BCUT2D eigenvalue weighted by Crippen LogP contribution is -2.35. The van der Waals surface area contributed by atoms with Gasteiger partial charge in [-0.15, -0.1) is 0 Å². The molecule has 2 aromatic rings. The molecule has 154 valence electrons. The van der Waals surface area contributed by atoms with Gasteiger partial charge < -0.3 is 5.32 Å². The van der Waals surface area contributed by atoms with Crippen molar-refractivity contribution >= 4 is 27.3 Å². The Morgan fingerprint density at radius 3 is 2.38 bits per heavy atom. The van der Waals surface area contributed by atoms with Gasteiger partial charge in [0.05, 0.1) is 16.2 Å². The predicted molar refractivity (Wildman–Crippen MR) is 104 cm³/mol. The molecular weight excluding hydrogens is 401 g/mol. The van der Waals surface area contributed by atoms with E-state index in [9.17, 15) is 27.7 Å². The Hall–Kier alpha value is -2.85. The smallest absolute Gasteiger partial charge is 0.306 e. The molecule has 0 saturated carbocycles. The maximum Gasteiger partial charge on any atom is 0.306 e. The van der Waals surface area contributed by atoms with Gasteiger partial charge in [-0.25, -0.2) is 8.42 Å². The first-order valence-corrected chi connectivity index (χ1v) is 10.5. The molecule has 8 nitrogen and oxygen atoms in total. The molecule has 0 radical (unpaired) electrons. The highest BCUT2D eigenvalue weighted by Gasteiger charge is 2.25. The lowest BCUT2D eigenvalue weighted by Gasteiger charge is -2.25. The Morgan fingerprint density at radius 2 is 1.76 bits per heavy atom. The number of hydrogen-bond donors (Lipinski definition) is 1. The third kappa shape index (κ3) is 4.96. The van der Waals surface area contributed by atoms with Crippen LogP contribution in [-0.2, 0) is 21.2 Å². The summed E-state index contributed by atoms with van der Waals surface area (Å²) >= 11 is 0. The fourth-order valence-electron chi connectivity index (χ4n) is 3.15. The van der Waals surface area contributed by atoms with Crippen molar-refractivity contribution in [3.8, 4) is 0 Å². The average Bonchev–Trinajstić information content (AvgIpc) is 2.70. The predicted octanol–water partition coefficient (Wildman–Crippen LogP) is 3.09. The van der Waals surface area contributed by atoms with Crippen LogP contribution in [0.2, 0.25) is 0 Å². The van der Waals surface area contributed by atoms with Gasteiger partial charge in [-0.1, -0.05) is 18.6 Å². The van der Waals surface area contributed by atoms with E-state index in [0.717, 1.165) is 31.4 Å². The van der Waals surface area contributed by atoms with Crippen LogP contribution in [0.5, 0.6) is 0 Å². The summed E-state index contributed by atoms with van der Waals surface area (Å²) in [7, 11) is -3.54. The standard InChI is InChI=1S/C19H20FN3O5S/c20-17-9-6-15(13-18(17)23(25)26)21-19(24)12-14-4-7-16(8-5-14)29(27,28)22-10-2-1-3-11-22/h4-9,13H,1-3,10-12H2,(H,21,24). The topological polar surface area (TPSA) is 110 Å². The SMILES string of the molecule is O=C(Cc1ccc(S(=O)(=O)N2CCCCC2)cc1)Nc1ccc(F)c([N+](=O)[O-])c1. The van der Waals surface area contributed by atoms with E-state index in [4.69, 9.17) is 0 Å². The number of nitro groups is 1. The van der Waals surface area contributed by atoms with Crippen molar-refractivity contribution in [2.24, 2.45) is 0 Å². The van der Waals surface area contributed by atoms with Gasteiger partial charge >= 0.3 is 5.69 Å². The molecule has 29 heavy (non-hydrogen) atoms. The molecule has 10 heteroatoms. The number of amides is 1. The maximum atomic E-state index is 13.4. The summed E-state index contributed by atoms with van der Waals surface area (Å²) in [5.74, 6) is -1.45. The summed E-state index contributed by atoms with van der Waals surface area (Å²) in [6, 6.07) is 9.14. The number of nitrogens with one attached hydrogen (secondary N) is 1. The van der Waals surface area contributed by atoms with E-state index in [2.05, 4.69) is 5.32 Å². The van der Waals surface area contributed by atoms with Gasteiger partial charge in [0.1, 0.15) is 0 Å². The molecule has 0 bridgehead atoms. The number of sulfonamides is 1. The van der Waals surface area contributed by atoms with Gasteiger partial charge in [0, 0.05) is 24.8 Å². The quantitative estimate of drug-likeness (QED) is 0.569. The fraction of sp³-hybridized carbons (Fsp3) is 0.316. The zero-order chi connectivity index (χ0) is 21.0. The third-order valence-corrected chi connectivity index (χ3v) is 6.58. The molecule has 1 aliphatic rings. The van der Waals surface area contributed by atoms with E-state index >= 15 is 0 Å². The number of piperidine rings is 1. The molecular formula is C19H20FN3O5S. The molecule has 1 saturated heterocycles. The summed E-state index contributed by atoms with van der Waals surface area (Å²) < 4.78 is 40.1. The van der Waals surface area contributed by atoms with Gasteiger partial charge in [-0.3, -0.25) is 14.9 Å². The van der Waals surface area contributed by atoms with Gasteiger partial charge in [-0.2, -0.15) is 8.70 Å². The first-order chi connectivity index (χ1) is 13.8. The largest absolute Gasteiger partial charge is 0.326 e. The van der Waals surface area contributed by atoms with Crippen LogP contribution in [0.4, 0.5) is 15.8 Å². The highest BCUT2D eigenvalue weighted by atomic mass is 32.2. The normalized spacial score (nSPS) is 15.1. The zero-order valence-electron chi connectivity index (χ0n) is 15.5. The van der Waals surface area contributed by atoms with E-state index in [-0.39, 0.29) is 17.0 Å². The number of carbonyl (C=O) groups excluding carboxylic acids is 1. The molecule has 3 rings (SSSR count). The molecule has 1 fully saturated rings. The van der Waals surface area contributed by atoms with Crippen LogP contribution in [0.25, 0.3) is 0 Å². The van der Waals surface area contributed by atoms with Crippen molar-refractivity contribution < 1.29 is 22.5 Å². The van der Waals surface area contributed by atoms with Crippen LogP contribution >= 0.6 is 0 Å². The minimum absolute atomic E-state index is 0.0603. The molecule has 0 atom stereocenters. The Labute approximate surface area is 167 Å². The summed E-state index contributed by atoms with van der Waals surface area (Å²) in [4.78, 5) is 22.3. The monoisotopic (exact) mass is 421 g/mol.